The molecular formula is C14H19Cl2NO2S. The second-order valence-electron chi connectivity index (χ2n) is 5.11. The van der Waals surface area contributed by atoms with Crippen LogP contribution in [0.25, 0.3) is 0 Å². The number of nitrogens with one attached hydrogen (secondary N) is 1. The molecule has 112 valence electrons. The number of benzene rings is 1. The third-order valence-corrected chi connectivity index (χ3v) is 6.80. The molecule has 0 heterocycles. The lowest BCUT2D eigenvalue weighted by molar-refractivity contribution is 0.377. The van der Waals surface area contributed by atoms with Crippen LogP contribution >= 0.6 is 23.2 Å². The van der Waals surface area contributed by atoms with Crippen molar-refractivity contribution in [1.29, 1.82) is 0 Å². The Labute approximate surface area is 130 Å². The molecule has 0 radical (unpaired) electrons. The van der Waals surface area contributed by atoms with Gasteiger partial charge in [-0.05, 0) is 37.6 Å². The van der Waals surface area contributed by atoms with Gasteiger partial charge in [0.25, 0.3) is 0 Å². The van der Waals surface area contributed by atoms with Crippen molar-refractivity contribution in [3.05, 3.63) is 28.2 Å². The number of hydrogen-bond donors (Lipinski definition) is 1. The van der Waals surface area contributed by atoms with Crippen LogP contribution in [0.2, 0.25) is 10.0 Å². The molecule has 0 spiro atoms. The monoisotopic (exact) mass is 335 g/mol. The molecule has 2 atom stereocenters. The number of halogens is 2. The fraction of sp³-hybridized carbons (Fsp3) is 0.571. The largest absolute Gasteiger partial charge is 0.313 e. The summed E-state index contributed by atoms with van der Waals surface area (Å²) in [6.07, 6.45) is 3.62. The average Bonchev–Trinajstić information content (AvgIpc) is 2.42. The van der Waals surface area contributed by atoms with Gasteiger partial charge in [-0.3, -0.25) is 0 Å². The van der Waals surface area contributed by atoms with E-state index in [0.717, 1.165) is 25.8 Å². The zero-order valence-electron chi connectivity index (χ0n) is 11.4. The summed E-state index contributed by atoms with van der Waals surface area (Å²) >= 11 is 11.8. The van der Waals surface area contributed by atoms with Gasteiger partial charge >= 0.3 is 0 Å². The van der Waals surface area contributed by atoms with E-state index in [2.05, 4.69) is 5.32 Å². The molecule has 1 aromatic carbocycles. The Kier molecular flexibility index (Phi) is 5.35. The summed E-state index contributed by atoms with van der Waals surface area (Å²) in [4.78, 5) is 0.265. The highest BCUT2D eigenvalue weighted by Crippen LogP contribution is 2.32. The van der Waals surface area contributed by atoms with Crippen LogP contribution in [0.1, 0.15) is 32.6 Å². The van der Waals surface area contributed by atoms with Crippen LogP contribution in [0, 0.1) is 0 Å². The minimum atomic E-state index is -3.38. The van der Waals surface area contributed by atoms with Gasteiger partial charge < -0.3 is 5.32 Å². The van der Waals surface area contributed by atoms with Gasteiger partial charge in [0.1, 0.15) is 0 Å². The number of rotatable bonds is 4. The fourth-order valence-electron chi connectivity index (χ4n) is 2.79. The fourth-order valence-corrected chi connectivity index (χ4v) is 5.19. The molecule has 6 heteroatoms. The second kappa shape index (κ2) is 6.65. The molecule has 0 amide bonds. The molecule has 2 rings (SSSR count). The second-order valence-corrected chi connectivity index (χ2v) is 8.09. The third-order valence-electron chi connectivity index (χ3n) is 3.79. The maximum atomic E-state index is 12.8. The molecule has 2 unspecified atom stereocenters. The summed E-state index contributed by atoms with van der Waals surface area (Å²) in [6.45, 7) is 2.77. The van der Waals surface area contributed by atoms with Crippen LogP contribution in [-0.2, 0) is 9.84 Å². The maximum Gasteiger partial charge on any atom is 0.182 e. The Morgan fingerprint density at radius 1 is 1.20 bits per heavy atom. The van der Waals surface area contributed by atoms with Gasteiger partial charge in [-0.1, -0.05) is 43.0 Å². The lowest BCUT2D eigenvalue weighted by Crippen LogP contribution is -2.46. The smallest absolute Gasteiger partial charge is 0.182 e. The van der Waals surface area contributed by atoms with Crippen molar-refractivity contribution in [2.45, 2.75) is 48.8 Å². The van der Waals surface area contributed by atoms with E-state index in [4.69, 9.17) is 23.2 Å². The molecule has 1 aromatic rings. The van der Waals surface area contributed by atoms with Crippen molar-refractivity contribution in [3.63, 3.8) is 0 Å². The van der Waals surface area contributed by atoms with Crippen molar-refractivity contribution < 1.29 is 8.42 Å². The summed E-state index contributed by atoms with van der Waals surface area (Å²) in [6, 6.07) is 4.56. The average molecular weight is 336 g/mol. The van der Waals surface area contributed by atoms with Gasteiger partial charge in [-0.2, -0.15) is 0 Å². The van der Waals surface area contributed by atoms with Crippen molar-refractivity contribution >= 4 is 33.0 Å². The van der Waals surface area contributed by atoms with Gasteiger partial charge in [0, 0.05) is 6.04 Å². The van der Waals surface area contributed by atoms with Crippen LogP contribution in [0.3, 0.4) is 0 Å². The van der Waals surface area contributed by atoms with E-state index in [0.29, 0.717) is 11.4 Å². The molecule has 1 N–H and O–H groups in total. The topological polar surface area (TPSA) is 46.2 Å². The molecule has 0 aromatic heterocycles. The zero-order chi connectivity index (χ0) is 14.8. The van der Waals surface area contributed by atoms with Gasteiger partial charge in [0.15, 0.2) is 9.84 Å². The Bertz CT molecular complexity index is 573. The molecule has 3 nitrogen and oxygen atoms in total. The Morgan fingerprint density at radius 2 is 1.90 bits per heavy atom. The third kappa shape index (κ3) is 3.30. The van der Waals surface area contributed by atoms with Crippen molar-refractivity contribution in [2.24, 2.45) is 0 Å². The summed E-state index contributed by atoms with van der Waals surface area (Å²) in [5.41, 5.74) is 0. The molecule has 1 aliphatic rings. The van der Waals surface area contributed by atoms with Crippen LogP contribution in [0.4, 0.5) is 0 Å². The number of sulfone groups is 1. The van der Waals surface area contributed by atoms with Crippen molar-refractivity contribution in [2.75, 3.05) is 6.54 Å². The van der Waals surface area contributed by atoms with Crippen LogP contribution in [0.5, 0.6) is 0 Å². The minimum absolute atomic E-state index is 0.0215. The highest BCUT2D eigenvalue weighted by Gasteiger charge is 2.36. The summed E-state index contributed by atoms with van der Waals surface area (Å²) in [5.74, 6) is 0. The van der Waals surface area contributed by atoms with E-state index < -0.39 is 9.84 Å². The van der Waals surface area contributed by atoms with Crippen molar-refractivity contribution in [3.8, 4) is 0 Å². The van der Waals surface area contributed by atoms with Crippen LogP contribution in [0.15, 0.2) is 23.1 Å². The predicted octanol–water partition coefficient (Wildman–Crippen LogP) is 3.69. The van der Waals surface area contributed by atoms with Gasteiger partial charge in [-0.15, -0.1) is 0 Å². The lowest BCUT2D eigenvalue weighted by Gasteiger charge is -2.31. The quantitative estimate of drug-likeness (QED) is 0.912. The molecule has 1 fully saturated rings. The number of hydrogen-bond acceptors (Lipinski definition) is 3. The summed E-state index contributed by atoms with van der Waals surface area (Å²) in [5, 5.41) is 3.57. The summed E-state index contributed by atoms with van der Waals surface area (Å²) in [7, 11) is -3.38. The molecular weight excluding hydrogens is 317 g/mol. The minimum Gasteiger partial charge on any atom is -0.313 e. The highest BCUT2D eigenvalue weighted by atomic mass is 35.5. The first-order chi connectivity index (χ1) is 9.46. The van der Waals surface area contributed by atoms with Gasteiger partial charge in [0.2, 0.25) is 0 Å². The van der Waals surface area contributed by atoms with Gasteiger partial charge in [0.05, 0.1) is 20.2 Å². The maximum absolute atomic E-state index is 12.8. The molecule has 0 aliphatic heterocycles. The Hall–Kier alpha value is -0.290. The summed E-state index contributed by atoms with van der Waals surface area (Å²) < 4.78 is 25.6. The van der Waals surface area contributed by atoms with E-state index in [1.54, 1.807) is 12.1 Å². The normalized spacial score (nSPS) is 23.8. The van der Waals surface area contributed by atoms with Gasteiger partial charge in [-0.25, -0.2) is 8.42 Å². The van der Waals surface area contributed by atoms with Crippen LogP contribution < -0.4 is 5.32 Å². The lowest BCUT2D eigenvalue weighted by atomic mass is 9.95. The highest BCUT2D eigenvalue weighted by molar-refractivity contribution is 7.92. The first kappa shape index (κ1) is 16.1. The van der Waals surface area contributed by atoms with Crippen LogP contribution in [-0.4, -0.2) is 26.3 Å². The SMILES string of the molecule is CCNC1CCCCC1S(=O)(=O)c1ccc(Cl)c(Cl)c1. The van der Waals surface area contributed by atoms with E-state index >= 15 is 0 Å². The Morgan fingerprint density at radius 3 is 2.55 bits per heavy atom. The molecule has 0 saturated heterocycles. The van der Waals surface area contributed by atoms with E-state index in [1.165, 1.54) is 6.07 Å². The van der Waals surface area contributed by atoms with E-state index in [1.807, 2.05) is 6.92 Å². The van der Waals surface area contributed by atoms with Crippen molar-refractivity contribution in [1.82, 2.24) is 5.32 Å². The predicted molar refractivity (Wildman–Crippen MR) is 83.4 cm³/mol. The molecule has 0 bridgehead atoms. The van der Waals surface area contributed by atoms with E-state index in [-0.39, 0.29) is 21.2 Å². The first-order valence-electron chi connectivity index (χ1n) is 6.89. The first-order valence-corrected chi connectivity index (χ1v) is 9.19. The molecule has 1 aliphatic carbocycles. The zero-order valence-corrected chi connectivity index (χ0v) is 13.7. The molecule has 20 heavy (non-hydrogen) atoms. The standard InChI is InChI=1S/C14H19Cl2NO2S/c1-2-17-13-5-3-4-6-14(13)20(18,19)10-7-8-11(15)12(16)9-10/h7-9,13-14,17H,2-6H2,1H3. The molecule has 1 saturated carbocycles. The Balaban J connectivity index is 2.34. The van der Waals surface area contributed by atoms with E-state index in [9.17, 15) is 8.42 Å².